The summed E-state index contributed by atoms with van der Waals surface area (Å²) in [5, 5.41) is 9.06. The number of rotatable bonds is 4. The minimum absolute atomic E-state index is 0.00988. The summed E-state index contributed by atoms with van der Waals surface area (Å²) in [5.41, 5.74) is 1.46. The predicted molar refractivity (Wildman–Crippen MR) is 77.5 cm³/mol. The van der Waals surface area contributed by atoms with Crippen LogP contribution in [0.3, 0.4) is 0 Å². The van der Waals surface area contributed by atoms with Gasteiger partial charge in [0.15, 0.2) is 0 Å². The number of hydrogen-bond acceptors (Lipinski definition) is 4. The molecule has 0 radical (unpaired) electrons. The molecule has 0 fully saturated rings. The molecular weight excluding hydrogens is 294 g/mol. The molecule has 1 heterocycles. The first-order valence-corrected chi connectivity index (χ1v) is 6.43. The van der Waals surface area contributed by atoms with E-state index in [1.165, 1.54) is 12.4 Å². The maximum atomic E-state index is 12.4. The number of amides is 1. The highest BCUT2D eigenvalue weighted by Crippen LogP contribution is 2.17. The van der Waals surface area contributed by atoms with Crippen molar-refractivity contribution in [2.24, 2.45) is 0 Å². The zero-order valence-electron chi connectivity index (χ0n) is 11.2. The van der Waals surface area contributed by atoms with Crippen LogP contribution in [-0.4, -0.2) is 33.5 Å². The number of benzene rings is 1. The molecule has 0 unspecified atom stereocenters. The van der Waals surface area contributed by atoms with E-state index in [4.69, 9.17) is 16.7 Å². The molecule has 1 amide bonds. The second kappa shape index (κ2) is 6.32. The van der Waals surface area contributed by atoms with Crippen molar-refractivity contribution in [1.29, 1.82) is 0 Å². The van der Waals surface area contributed by atoms with Crippen LogP contribution >= 0.6 is 11.6 Å². The molecule has 0 saturated heterocycles. The topological polar surface area (TPSA) is 83.4 Å². The third-order valence-electron chi connectivity index (χ3n) is 2.71. The Bertz CT molecular complexity index is 673. The van der Waals surface area contributed by atoms with Gasteiger partial charge in [0, 0.05) is 5.69 Å². The number of carbonyl (C=O) groups excluding carboxylic acids is 1. The van der Waals surface area contributed by atoms with Crippen LogP contribution in [0.15, 0.2) is 36.7 Å². The summed E-state index contributed by atoms with van der Waals surface area (Å²) >= 11 is 5.71. The van der Waals surface area contributed by atoms with Crippen LogP contribution in [0.4, 0.5) is 5.69 Å². The minimum atomic E-state index is -1.13. The number of anilines is 1. The molecule has 0 spiro atoms. The van der Waals surface area contributed by atoms with Gasteiger partial charge >= 0.3 is 5.97 Å². The number of aliphatic carboxylic acids is 1. The van der Waals surface area contributed by atoms with E-state index in [1.54, 1.807) is 24.3 Å². The van der Waals surface area contributed by atoms with Crippen molar-refractivity contribution in [2.45, 2.75) is 6.92 Å². The molecule has 0 aliphatic carbocycles. The van der Waals surface area contributed by atoms with Gasteiger partial charge in [-0.3, -0.25) is 19.5 Å². The van der Waals surface area contributed by atoms with Gasteiger partial charge in [-0.25, -0.2) is 4.98 Å². The SMILES string of the molecule is Cc1ccc(N(CC(=O)O)C(=O)c2cncc(Cl)n2)cc1. The van der Waals surface area contributed by atoms with Gasteiger partial charge in [0.1, 0.15) is 17.4 Å². The molecular formula is C14H12ClN3O3. The number of carboxylic acid groups (broad SMARTS) is 1. The summed E-state index contributed by atoms with van der Waals surface area (Å²) in [6, 6.07) is 6.94. The van der Waals surface area contributed by atoms with E-state index in [-0.39, 0.29) is 10.8 Å². The number of carbonyl (C=O) groups is 2. The first-order valence-electron chi connectivity index (χ1n) is 6.05. The van der Waals surface area contributed by atoms with Crippen LogP contribution in [-0.2, 0) is 4.79 Å². The largest absolute Gasteiger partial charge is 0.480 e. The molecule has 2 rings (SSSR count). The van der Waals surface area contributed by atoms with Crippen LogP contribution in [0.1, 0.15) is 16.1 Å². The highest BCUT2D eigenvalue weighted by Gasteiger charge is 2.22. The molecule has 7 heteroatoms. The maximum absolute atomic E-state index is 12.4. The Balaban J connectivity index is 2.38. The van der Waals surface area contributed by atoms with E-state index >= 15 is 0 Å². The molecule has 1 aromatic carbocycles. The van der Waals surface area contributed by atoms with Crippen molar-refractivity contribution in [3.05, 3.63) is 53.1 Å². The van der Waals surface area contributed by atoms with E-state index in [0.29, 0.717) is 5.69 Å². The molecule has 0 aliphatic heterocycles. The van der Waals surface area contributed by atoms with Crippen LogP contribution in [0.2, 0.25) is 5.15 Å². The van der Waals surface area contributed by atoms with Gasteiger partial charge in [-0.1, -0.05) is 29.3 Å². The van der Waals surface area contributed by atoms with Crippen molar-refractivity contribution in [2.75, 3.05) is 11.4 Å². The summed E-state index contributed by atoms with van der Waals surface area (Å²) in [4.78, 5) is 32.2. The van der Waals surface area contributed by atoms with Gasteiger partial charge in [0.05, 0.1) is 12.4 Å². The lowest BCUT2D eigenvalue weighted by Gasteiger charge is -2.20. The Labute approximate surface area is 126 Å². The van der Waals surface area contributed by atoms with Crippen molar-refractivity contribution >= 4 is 29.2 Å². The monoisotopic (exact) mass is 305 g/mol. The van der Waals surface area contributed by atoms with Crippen LogP contribution in [0.25, 0.3) is 0 Å². The zero-order chi connectivity index (χ0) is 15.4. The number of nitrogens with zero attached hydrogens (tertiary/aromatic N) is 3. The van der Waals surface area contributed by atoms with Crippen molar-refractivity contribution in [1.82, 2.24) is 9.97 Å². The Hall–Kier alpha value is -2.47. The van der Waals surface area contributed by atoms with Gasteiger partial charge in [-0.15, -0.1) is 0 Å². The second-order valence-corrected chi connectivity index (χ2v) is 4.73. The van der Waals surface area contributed by atoms with E-state index in [0.717, 1.165) is 10.5 Å². The lowest BCUT2D eigenvalue weighted by molar-refractivity contribution is -0.135. The normalized spacial score (nSPS) is 10.2. The summed E-state index contributed by atoms with van der Waals surface area (Å²) in [5.74, 6) is -1.70. The standard InChI is InChI=1S/C14H12ClN3O3/c1-9-2-4-10(5-3-9)18(8-13(19)20)14(21)11-6-16-7-12(15)17-11/h2-7H,8H2,1H3,(H,19,20). The predicted octanol–water partition coefficient (Wildman–Crippen LogP) is 2.17. The lowest BCUT2D eigenvalue weighted by atomic mass is 10.2. The molecule has 1 aromatic heterocycles. The van der Waals surface area contributed by atoms with E-state index in [2.05, 4.69) is 9.97 Å². The molecule has 2 aromatic rings. The fraction of sp³-hybridized carbons (Fsp3) is 0.143. The van der Waals surface area contributed by atoms with Gasteiger partial charge in [-0.2, -0.15) is 0 Å². The summed E-state index contributed by atoms with van der Waals surface area (Å²) in [6.07, 6.45) is 2.54. The second-order valence-electron chi connectivity index (χ2n) is 4.35. The number of halogens is 1. The molecule has 1 N–H and O–H groups in total. The summed E-state index contributed by atoms with van der Waals surface area (Å²) < 4.78 is 0. The molecule has 6 nitrogen and oxygen atoms in total. The first-order chi connectivity index (χ1) is 9.97. The fourth-order valence-corrected chi connectivity index (χ4v) is 1.87. The number of aromatic nitrogens is 2. The van der Waals surface area contributed by atoms with Gasteiger partial charge < -0.3 is 5.11 Å². The fourth-order valence-electron chi connectivity index (χ4n) is 1.72. The minimum Gasteiger partial charge on any atom is -0.480 e. The number of carboxylic acids is 1. The zero-order valence-corrected chi connectivity index (χ0v) is 11.9. The highest BCUT2D eigenvalue weighted by molar-refractivity contribution is 6.29. The lowest BCUT2D eigenvalue weighted by Crippen LogP contribution is -2.36. The summed E-state index contributed by atoms with van der Waals surface area (Å²) in [7, 11) is 0. The Kier molecular flexibility index (Phi) is 4.49. The molecule has 0 aliphatic rings. The maximum Gasteiger partial charge on any atom is 0.323 e. The molecule has 0 bridgehead atoms. The first kappa shape index (κ1) is 14.9. The highest BCUT2D eigenvalue weighted by atomic mass is 35.5. The van der Waals surface area contributed by atoms with Crippen LogP contribution in [0.5, 0.6) is 0 Å². The van der Waals surface area contributed by atoms with Gasteiger partial charge in [0.25, 0.3) is 5.91 Å². The number of aryl methyl sites for hydroxylation is 1. The van der Waals surface area contributed by atoms with Gasteiger partial charge in [-0.05, 0) is 19.1 Å². The third-order valence-corrected chi connectivity index (χ3v) is 2.89. The molecule has 108 valence electrons. The average molecular weight is 306 g/mol. The molecule has 0 atom stereocenters. The van der Waals surface area contributed by atoms with E-state index in [1.807, 2.05) is 6.92 Å². The molecule has 0 saturated carbocycles. The van der Waals surface area contributed by atoms with E-state index < -0.39 is 18.4 Å². The van der Waals surface area contributed by atoms with E-state index in [9.17, 15) is 9.59 Å². The Morgan fingerprint density at radius 2 is 1.90 bits per heavy atom. The quantitative estimate of drug-likeness (QED) is 0.936. The average Bonchev–Trinajstić information content (AvgIpc) is 2.45. The Morgan fingerprint density at radius 1 is 1.24 bits per heavy atom. The van der Waals surface area contributed by atoms with Gasteiger partial charge in [0.2, 0.25) is 0 Å². The smallest absolute Gasteiger partial charge is 0.323 e. The Morgan fingerprint density at radius 3 is 2.48 bits per heavy atom. The molecule has 21 heavy (non-hydrogen) atoms. The van der Waals surface area contributed by atoms with Crippen molar-refractivity contribution in [3.8, 4) is 0 Å². The number of hydrogen-bond donors (Lipinski definition) is 1. The van der Waals surface area contributed by atoms with Crippen LogP contribution < -0.4 is 4.90 Å². The van der Waals surface area contributed by atoms with Crippen molar-refractivity contribution < 1.29 is 14.7 Å². The van der Waals surface area contributed by atoms with Crippen LogP contribution in [0, 0.1) is 6.92 Å². The van der Waals surface area contributed by atoms with Crippen molar-refractivity contribution in [3.63, 3.8) is 0 Å². The third kappa shape index (κ3) is 3.76. The summed E-state index contributed by atoms with van der Waals surface area (Å²) in [6.45, 7) is 1.42.